The Morgan fingerprint density at radius 1 is 1.17 bits per heavy atom. The number of hydrogen-bond donors (Lipinski definition) is 1. The summed E-state index contributed by atoms with van der Waals surface area (Å²) in [6.45, 7) is 4.44. The molecule has 1 atom stereocenters. The van der Waals surface area contributed by atoms with E-state index in [9.17, 15) is 4.79 Å². The van der Waals surface area contributed by atoms with Gasteiger partial charge in [-0.15, -0.1) is 4.37 Å². The van der Waals surface area contributed by atoms with E-state index in [1.807, 2.05) is 61.6 Å². The van der Waals surface area contributed by atoms with Crippen LogP contribution in [0.25, 0.3) is 10.6 Å². The number of carbonyl (C=O) groups excluding carboxylic acids is 1. The second-order valence-corrected chi connectivity index (χ2v) is 7.59. The number of rotatable bonds is 9. The molecular weight excluding hydrogens is 384 g/mol. The zero-order valence-corrected chi connectivity index (χ0v) is 17.8. The number of nitrogens with zero attached hydrogens (tertiary/aromatic N) is 3. The Bertz CT molecular complexity index is 912. The van der Waals surface area contributed by atoms with Crippen LogP contribution >= 0.6 is 11.5 Å². The fraction of sp³-hybridized carbons (Fsp3) is 0.318. The van der Waals surface area contributed by atoms with Crippen molar-refractivity contribution in [1.82, 2.24) is 14.3 Å². The maximum absolute atomic E-state index is 11.1. The number of anilines is 1. The summed E-state index contributed by atoms with van der Waals surface area (Å²) in [5, 5.41) is 3.64. The molecule has 1 unspecified atom stereocenters. The highest BCUT2D eigenvalue weighted by molar-refractivity contribution is 7.09. The molecular formula is C22H26N4O2S. The Labute approximate surface area is 175 Å². The Morgan fingerprint density at radius 2 is 1.90 bits per heavy atom. The topological polar surface area (TPSA) is 67.4 Å². The van der Waals surface area contributed by atoms with Crippen molar-refractivity contribution in [2.75, 3.05) is 18.9 Å². The van der Waals surface area contributed by atoms with Crippen LogP contribution in [0.1, 0.15) is 25.8 Å². The van der Waals surface area contributed by atoms with Crippen LogP contribution in [-0.2, 0) is 11.2 Å². The first-order valence-electron chi connectivity index (χ1n) is 9.67. The van der Waals surface area contributed by atoms with Crippen molar-refractivity contribution in [3.05, 3.63) is 60.2 Å². The van der Waals surface area contributed by atoms with Crippen molar-refractivity contribution in [2.45, 2.75) is 32.9 Å². The molecule has 0 aliphatic heterocycles. The molecule has 0 radical (unpaired) electrons. The predicted molar refractivity (Wildman–Crippen MR) is 117 cm³/mol. The second kappa shape index (κ2) is 10.1. The minimum Gasteiger partial charge on any atom is -0.443 e. The third-order valence-corrected chi connectivity index (χ3v) is 5.29. The maximum atomic E-state index is 11.1. The molecule has 0 spiro atoms. The van der Waals surface area contributed by atoms with Crippen LogP contribution < -0.4 is 10.1 Å². The van der Waals surface area contributed by atoms with Gasteiger partial charge >= 0.3 is 6.01 Å². The molecule has 3 rings (SSSR count). The van der Waals surface area contributed by atoms with E-state index in [4.69, 9.17) is 4.74 Å². The van der Waals surface area contributed by atoms with Crippen LogP contribution in [0.5, 0.6) is 6.01 Å². The second-order valence-electron chi connectivity index (χ2n) is 6.84. The largest absolute Gasteiger partial charge is 0.443 e. The van der Waals surface area contributed by atoms with Gasteiger partial charge in [0.2, 0.25) is 5.91 Å². The molecule has 152 valence electrons. The van der Waals surface area contributed by atoms with Crippen molar-refractivity contribution >= 4 is 23.1 Å². The summed E-state index contributed by atoms with van der Waals surface area (Å²) < 4.78 is 10.4. The minimum atomic E-state index is -0.0909. The highest BCUT2D eigenvalue weighted by atomic mass is 32.1. The lowest BCUT2D eigenvalue weighted by molar-refractivity contribution is -0.114. The van der Waals surface area contributed by atoms with E-state index in [1.165, 1.54) is 24.0 Å². The summed E-state index contributed by atoms with van der Waals surface area (Å²) in [6, 6.07) is 18.3. The number of hydrogen-bond acceptors (Lipinski definition) is 6. The molecule has 1 heterocycles. The molecule has 0 bridgehead atoms. The summed E-state index contributed by atoms with van der Waals surface area (Å²) in [5.74, 6) is -0.0634. The third-order valence-electron chi connectivity index (χ3n) is 4.54. The number of carbonyl (C=O) groups is 1. The molecule has 0 aliphatic carbocycles. The SMILES string of the molecule is CCC(Oc1nsc(-c2ccccc2)n1)N(C)CCc1ccc(NC(C)=O)cc1. The minimum absolute atomic E-state index is 0.0634. The smallest absolute Gasteiger partial charge is 0.330 e. The zero-order chi connectivity index (χ0) is 20.6. The van der Waals surface area contributed by atoms with Gasteiger partial charge in [0.25, 0.3) is 0 Å². The molecule has 0 saturated heterocycles. The summed E-state index contributed by atoms with van der Waals surface area (Å²) >= 11 is 1.35. The van der Waals surface area contributed by atoms with Gasteiger partial charge in [0.15, 0.2) is 6.23 Å². The van der Waals surface area contributed by atoms with Crippen molar-refractivity contribution in [2.24, 2.45) is 0 Å². The van der Waals surface area contributed by atoms with Gasteiger partial charge in [-0.2, -0.15) is 4.98 Å². The molecule has 0 aliphatic rings. The lowest BCUT2D eigenvalue weighted by Gasteiger charge is -2.26. The number of amides is 1. The van der Waals surface area contributed by atoms with Crippen molar-refractivity contribution < 1.29 is 9.53 Å². The molecule has 0 saturated carbocycles. The highest BCUT2D eigenvalue weighted by Crippen LogP contribution is 2.24. The van der Waals surface area contributed by atoms with E-state index in [1.54, 1.807) is 0 Å². The fourth-order valence-electron chi connectivity index (χ4n) is 2.97. The first kappa shape index (κ1) is 21.0. The maximum Gasteiger partial charge on any atom is 0.330 e. The summed E-state index contributed by atoms with van der Waals surface area (Å²) in [7, 11) is 2.05. The van der Waals surface area contributed by atoms with Gasteiger partial charge in [-0.05, 0) is 49.1 Å². The molecule has 29 heavy (non-hydrogen) atoms. The summed E-state index contributed by atoms with van der Waals surface area (Å²) in [4.78, 5) is 17.8. The molecule has 7 heteroatoms. The summed E-state index contributed by atoms with van der Waals surface area (Å²) in [6.07, 6.45) is 1.63. The van der Waals surface area contributed by atoms with Gasteiger partial charge in [-0.1, -0.05) is 49.4 Å². The average Bonchev–Trinajstić information content (AvgIpc) is 3.20. The van der Waals surface area contributed by atoms with E-state index in [0.717, 1.165) is 35.6 Å². The third kappa shape index (κ3) is 6.10. The van der Waals surface area contributed by atoms with Crippen LogP contribution in [0.15, 0.2) is 54.6 Å². The van der Waals surface area contributed by atoms with Crippen LogP contribution in [-0.4, -0.2) is 40.0 Å². The molecule has 1 amide bonds. The zero-order valence-electron chi connectivity index (χ0n) is 17.0. The van der Waals surface area contributed by atoms with E-state index >= 15 is 0 Å². The molecule has 2 aromatic carbocycles. The van der Waals surface area contributed by atoms with Gasteiger partial charge < -0.3 is 10.1 Å². The van der Waals surface area contributed by atoms with E-state index in [0.29, 0.717) is 6.01 Å². The molecule has 0 fully saturated rings. The van der Waals surface area contributed by atoms with Gasteiger partial charge in [-0.25, -0.2) is 0 Å². The van der Waals surface area contributed by atoms with E-state index in [2.05, 4.69) is 26.5 Å². The standard InChI is InChI=1S/C22H26N4O2S/c1-4-20(28-22-24-21(29-25-22)18-8-6-5-7-9-18)26(3)15-14-17-10-12-19(13-11-17)23-16(2)27/h5-13,20H,4,14-15H2,1-3H3,(H,23,27). The molecule has 1 aromatic heterocycles. The Hall–Kier alpha value is -2.77. The van der Waals surface area contributed by atoms with Crippen LogP contribution in [0.3, 0.4) is 0 Å². The Morgan fingerprint density at radius 3 is 2.55 bits per heavy atom. The number of nitrogens with one attached hydrogen (secondary N) is 1. The molecule has 1 N–H and O–H groups in total. The van der Waals surface area contributed by atoms with Crippen molar-refractivity contribution in [3.63, 3.8) is 0 Å². The lowest BCUT2D eigenvalue weighted by Crippen LogP contribution is -2.37. The number of ether oxygens (including phenoxy) is 1. The van der Waals surface area contributed by atoms with Crippen LogP contribution in [0, 0.1) is 0 Å². The number of benzene rings is 2. The average molecular weight is 411 g/mol. The Kier molecular flexibility index (Phi) is 7.32. The molecule has 3 aromatic rings. The van der Waals surface area contributed by atoms with Gasteiger partial charge in [0.05, 0.1) is 0 Å². The van der Waals surface area contributed by atoms with Gasteiger partial charge in [0, 0.05) is 24.7 Å². The number of aromatic nitrogens is 2. The van der Waals surface area contributed by atoms with Crippen LogP contribution in [0.2, 0.25) is 0 Å². The Balaban J connectivity index is 1.54. The fourth-order valence-corrected chi connectivity index (χ4v) is 3.58. The first-order chi connectivity index (χ1) is 14.0. The highest BCUT2D eigenvalue weighted by Gasteiger charge is 2.17. The van der Waals surface area contributed by atoms with Crippen molar-refractivity contribution in [3.8, 4) is 16.6 Å². The normalized spacial score (nSPS) is 12.0. The van der Waals surface area contributed by atoms with Crippen LogP contribution in [0.4, 0.5) is 5.69 Å². The number of likely N-dealkylation sites (N-methyl/N-ethyl adjacent to an activating group) is 1. The van der Waals surface area contributed by atoms with E-state index < -0.39 is 0 Å². The molecule has 6 nitrogen and oxygen atoms in total. The quantitative estimate of drug-likeness (QED) is 0.528. The van der Waals surface area contributed by atoms with Gasteiger partial charge in [0.1, 0.15) is 5.01 Å². The monoisotopic (exact) mass is 410 g/mol. The summed E-state index contributed by atoms with van der Waals surface area (Å²) in [5.41, 5.74) is 3.07. The lowest BCUT2D eigenvalue weighted by atomic mass is 10.1. The van der Waals surface area contributed by atoms with Crippen molar-refractivity contribution in [1.29, 1.82) is 0 Å². The first-order valence-corrected chi connectivity index (χ1v) is 10.4. The van der Waals surface area contributed by atoms with E-state index in [-0.39, 0.29) is 12.1 Å². The van der Waals surface area contributed by atoms with Gasteiger partial charge in [-0.3, -0.25) is 9.69 Å². The predicted octanol–water partition coefficient (Wildman–Crippen LogP) is 4.45.